The van der Waals surface area contributed by atoms with E-state index in [9.17, 15) is 9.59 Å². The maximum Gasteiger partial charge on any atom is 0.223 e. The second kappa shape index (κ2) is 6.60. The van der Waals surface area contributed by atoms with Crippen LogP contribution in [0.4, 0.5) is 0 Å². The van der Waals surface area contributed by atoms with E-state index >= 15 is 0 Å². The van der Waals surface area contributed by atoms with Crippen LogP contribution in [-0.2, 0) is 9.53 Å². The van der Waals surface area contributed by atoms with Gasteiger partial charge in [-0.25, -0.2) is 0 Å². The number of carbonyl (C=O) groups is 2. The number of nitrogens with zero attached hydrogens (tertiary/aromatic N) is 1. The number of amides is 1. The van der Waals surface area contributed by atoms with Crippen molar-refractivity contribution in [2.75, 3.05) is 39.4 Å². The summed E-state index contributed by atoms with van der Waals surface area (Å²) in [6.45, 7) is 4.95. The topological polar surface area (TPSA) is 67.9 Å². The van der Waals surface area contributed by atoms with Crippen LogP contribution >= 0.6 is 0 Å². The number of benzene rings is 1. The molecule has 1 N–H and O–H groups in total. The van der Waals surface area contributed by atoms with Crippen LogP contribution in [-0.4, -0.2) is 61.6 Å². The summed E-state index contributed by atoms with van der Waals surface area (Å²) in [6, 6.07) is 7.48. The first kappa shape index (κ1) is 17.2. The maximum atomic E-state index is 12.7. The Morgan fingerprint density at radius 1 is 1.26 bits per heavy atom. The Balaban J connectivity index is 1.21. The van der Waals surface area contributed by atoms with Gasteiger partial charge in [-0.3, -0.25) is 14.5 Å². The molecule has 1 aromatic rings. The summed E-state index contributed by atoms with van der Waals surface area (Å²) in [5, 5.41) is 3.11. The van der Waals surface area contributed by atoms with Crippen molar-refractivity contribution in [2.24, 2.45) is 17.8 Å². The van der Waals surface area contributed by atoms with E-state index < -0.39 is 5.60 Å². The molecule has 2 aliphatic carbocycles. The van der Waals surface area contributed by atoms with Crippen LogP contribution in [0.5, 0.6) is 5.75 Å². The zero-order valence-electron chi connectivity index (χ0n) is 15.5. The molecule has 2 heterocycles. The Bertz CT molecular complexity index is 760. The lowest BCUT2D eigenvalue weighted by atomic mass is 9.84. The molecule has 144 valence electrons. The number of hydrogen-bond donors (Lipinski definition) is 1. The van der Waals surface area contributed by atoms with Gasteiger partial charge in [0.05, 0.1) is 25.2 Å². The molecule has 4 atom stereocenters. The summed E-state index contributed by atoms with van der Waals surface area (Å²) in [5.41, 5.74) is 0.209. The molecular weight excluding hydrogens is 344 g/mol. The Labute approximate surface area is 159 Å². The Kier molecular flexibility index (Phi) is 4.20. The largest absolute Gasteiger partial charge is 0.486 e. The predicted molar refractivity (Wildman–Crippen MR) is 98.7 cm³/mol. The second-order valence-electron chi connectivity index (χ2n) is 8.26. The van der Waals surface area contributed by atoms with Crippen molar-refractivity contribution in [1.82, 2.24) is 10.2 Å². The van der Waals surface area contributed by atoms with Gasteiger partial charge in [-0.15, -0.1) is 0 Å². The fourth-order valence-corrected chi connectivity index (χ4v) is 5.40. The SMILES string of the molecule is O=C1C[C@@]2(CC[C@H]3[C@@H](C(=O)NCCN4CCOCC4)[C@@H]32)Oc2ccccc21. The zero-order chi connectivity index (χ0) is 18.4. The smallest absolute Gasteiger partial charge is 0.223 e. The molecule has 2 aliphatic heterocycles. The van der Waals surface area contributed by atoms with Gasteiger partial charge in [0.2, 0.25) is 5.91 Å². The zero-order valence-corrected chi connectivity index (χ0v) is 15.5. The Morgan fingerprint density at radius 2 is 2.07 bits per heavy atom. The lowest BCUT2D eigenvalue weighted by Crippen LogP contribution is -2.45. The van der Waals surface area contributed by atoms with Crippen molar-refractivity contribution in [1.29, 1.82) is 0 Å². The van der Waals surface area contributed by atoms with Crippen LogP contribution in [0.15, 0.2) is 24.3 Å². The van der Waals surface area contributed by atoms with E-state index in [2.05, 4.69) is 10.2 Å². The van der Waals surface area contributed by atoms with Crippen LogP contribution in [0.25, 0.3) is 0 Å². The number of ketones is 1. The third-order valence-electron chi connectivity index (χ3n) is 6.77. The second-order valence-corrected chi connectivity index (χ2v) is 8.26. The lowest BCUT2D eigenvalue weighted by Gasteiger charge is -2.37. The third kappa shape index (κ3) is 2.95. The van der Waals surface area contributed by atoms with Gasteiger partial charge in [0.25, 0.3) is 0 Å². The molecular formula is C21H26N2O4. The van der Waals surface area contributed by atoms with E-state index in [-0.39, 0.29) is 23.5 Å². The number of rotatable bonds is 4. The number of Topliss-reactive ketones (excluding diaryl/α,β-unsaturated/α-hetero) is 1. The Hall–Kier alpha value is -1.92. The number of para-hydroxylation sites is 1. The van der Waals surface area contributed by atoms with Gasteiger partial charge in [0.15, 0.2) is 5.78 Å². The van der Waals surface area contributed by atoms with Gasteiger partial charge >= 0.3 is 0 Å². The van der Waals surface area contributed by atoms with Gasteiger partial charge in [0.1, 0.15) is 11.4 Å². The molecule has 1 spiro atoms. The summed E-state index contributed by atoms with van der Waals surface area (Å²) < 4.78 is 11.7. The molecule has 4 aliphatic rings. The first-order valence-electron chi connectivity index (χ1n) is 10.1. The van der Waals surface area contributed by atoms with Crippen LogP contribution in [0, 0.1) is 17.8 Å². The normalized spacial score (nSPS) is 34.7. The standard InChI is InChI=1S/C21H26N2O4/c24-16-13-21(27-17-4-2-1-3-14(16)17)6-5-15-18(19(15)21)20(25)22-7-8-23-9-11-26-12-10-23/h1-4,15,18-19H,5-13H2,(H,22,25)/t15-,18+,19+,21+/m0/s1. The monoisotopic (exact) mass is 370 g/mol. The molecule has 1 aromatic carbocycles. The molecule has 1 saturated heterocycles. The van der Waals surface area contributed by atoms with Crippen molar-refractivity contribution in [3.05, 3.63) is 29.8 Å². The van der Waals surface area contributed by atoms with Crippen molar-refractivity contribution in [3.63, 3.8) is 0 Å². The molecule has 0 aromatic heterocycles. The van der Waals surface area contributed by atoms with Gasteiger partial charge in [-0.2, -0.15) is 0 Å². The minimum Gasteiger partial charge on any atom is -0.486 e. The summed E-state index contributed by atoms with van der Waals surface area (Å²) in [5.74, 6) is 1.52. The van der Waals surface area contributed by atoms with Gasteiger partial charge in [0, 0.05) is 38.0 Å². The van der Waals surface area contributed by atoms with E-state index in [1.807, 2.05) is 24.3 Å². The fourth-order valence-electron chi connectivity index (χ4n) is 5.40. The van der Waals surface area contributed by atoms with E-state index in [0.717, 1.165) is 45.7 Å². The van der Waals surface area contributed by atoms with E-state index in [1.165, 1.54) is 0 Å². The molecule has 6 heteroatoms. The number of nitrogens with one attached hydrogen (secondary N) is 1. The quantitative estimate of drug-likeness (QED) is 0.870. The minimum absolute atomic E-state index is 0.00139. The molecule has 3 fully saturated rings. The number of ether oxygens (including phenoxy) is 2. The van der Waals surface area contributed by atoms with E-state index in [4.69, 9.17) is 9.47 Å². The molecule has 5 rings (SSSR count). The first-order chi connectivity index (χ1) is 13.2. The van der Waals surface area contributed by atoms with Crippen LogP contribution in [0.2, 0.25) is 0 Å². The molecule has 0 bridgehead atoms. The van der Waals surface area contributed by atoms with Gasteiger partial charge in [-0.1, -0.05) is 12.1 Å². The average Bonchev–Trinajstić information content (AvgIpc) is 3.34. The summed E-state index contributed by atoms with van der Waals surface area (Å²) in [7, 11) is 0. The molecule has 6 nitrogen and oxygen atoms in total. The highest BCUT2D eigenvalue weighted by atomic mass is 16.5. The molecule has 27 heavy (non-hydrogen) atoms. The third-order valence-corrected chi connectivity index (χ3v) is 6.77. The average molecular weight is 370 g/mol. The highest BCUT2D eigenvalue weighted by molar-refractivity contribution is 6.00. The summed E-state index contributed by atoms with van der Waals surface area (Å²) in [6.07, 6.45) is 2.25. The number of fused-ring (bicyclic) bond motifs is 3. The van der Waals surface area contributed by atoms with Crippen LogP contribution in [0.3, 0.4) is 0 Å². The van der Waals surface area contributed by atoms with Crippen LogP contribution in [0.1, 0.15) is 29.6 Å². The number of carbonyl (C=O) groups excluding carboxylic acids is 2. The number of morpholine rings is 1. The minimum atomic E-state index is -0.470. The molecule has 0 unspecified atom stereocenters. The lowest BCUT2D eigenvalue weighted by molar-refractivity contribution is -0.124. The fraction of sp³-hybridized carbons (Fsp3) is 0.619. The summed E-state index contributed by atoms with van der Waals surface area (Å²) >= 11 is 0. The van der Waals surface area contributed by atoms with Crippen LogP contribution < -0.4 is 10.1 Å². The van der Waals surface area contributed by atoms with E-state index in [0.29, 0.717) is 30.2 Å². The predicted octanol–water partition coefficient (Wildman–Crippen LogP) is 1.49. The Morgan fingerprint density at radius 3 is 2.93 bits per heavy atom. The van der Waals surface area contributed by atoms with Crippen molar-refractivity contribution in [2.45, 2.75) is 24.9 Å². The summed E-state index contributed by atoms with van der Waals surface area (Å²) in [4.78, 5) is 27.7. The molecule has 1 amide bonds. The van der Waals surface area contributed by atoms with Crippen molar-refractivity contribution >= 4 is 11.7 Å². The highest BCUT2D eigenvalue weighted by Gasteiger charge is 2.70. The van der Waals surface area contributed by atoms with Gasteiger partial charge < -0.3 is 14.8 Å². The maximum absolute atomic E-state index is 12.7. The molecule has 2 saturated carbocycles. The number of hydrogen-bond acceptors (Lipinski definition) is 5. The van der Waals surface area contributed by atoms with Crippen molar-refractivity contribution < 1.29 is 19.1 Å². The molecule has 0 radical (unpaired) electrons. The first-order valence-corrected chi connectivity index (χ1v) is 10.1. The van der Waals surface area contributed by atoms with Crippen molar-refractivity contribution in [3.8, 4) is 5.75 Å². The van der Waals surface area contributed by atoms with E-state index in [1.54, 1.807) is 0 Å². The van der Waals surface area contributed by atoms with Gasteiger partial charge in [-0.05, 0) is 30.9 Å². The highest BCUT2D eigenvalue weighted by Crippen LogP contribution is 2.65.